The van der Waals surface area contributed by atoms with Gasteiger partial charge in [0.25, 0.3) is 11.8 Å². The summed E-state index contributed by atoms with van der Waals surface area (Å²) in [6, 6.07) is 13.7. The zero-order valence-corrected chi connectivity index (χ0v) is 19.1. The molecular formula is C24H24ClN3O5. The van der Waals surface area contributed by atoms with Gasteiger partial charge in [-0.15, -0.1) is 0 Å². The summed E-state index contributed by atoms with van der Waals surface area (Å²) in [5, 5.41) is 3.37. The number of nitrogens with zero attached hydrogens (tertiary/aromatic N) is 2. The molecule has 1 N–H and O–H groups in total. The molecule has 0 unspecified atom stereocenters. The van der Waals surface area contributed by atoms with E-state index in [1.54, 1.807) is 54.5 Å². The molecule has 9 heteroatoms. The number of carbonyl (C=O) groups is 2. The molecule has 0 radical (unpaired) electrons. The molecule has 0 aliphatic carbocycles. The molecule has 0 atom stereocenters. The zero-order chi connectivity index (χ0) is 23.4. The van der Waals surface area contributed by atoms with E-state index < -0.39 is 0 Å². The van der Waals surface area contributed by atoms with Crippen LogP contribution in [0.5, 0.6) is 11.5 Å². The second-order valence-corrected chi connectivity index (χ2v) is 7.85. The van der Waals surface area contributed by atoms with Crippen molar-refractivity contribution < 1.29 is 23.5 Å². The van der Waals surface area contributed by atoms with E-state index in [1.165, 1.54) is 13.4 Å². The van der Waals surface area contributed by atoms with Crippen LogP contribution in [0.4, 0.5) is 11.4 Å². The molecule has 2 amide bonds. The number of ether oxygens (including phenoxy) is 2. The van der Waals surface area contributed by atoms with E-state index in [0.717, 1.165) is 5.69 Å². The zero-order valence-electron chi connectivity index (χ0n) is 18.3. The Kier molecular flexibility index (Phi) is 6.74. The quantitative estimate of drug-likeness (QED) is 0.583. The van der Waals surface area contributed by atoms with E-state index in [9.17, 15) is 9.59 Å². The third-order valence-electron chi connectivity index (χ3n) is 5.50. The molecule has 0 spiro atoms. The molecule has 0 bridgehead atoms. The molecule has 1 aromatic heterocycles. The number of nitrogens with one attached hydrogen (secondary N) is 1. The molecule has 2 heterocycles. The highest BCUT2D eigenvalue weighted by molar-refractivity contribution is 6.33. The molecule has 1 saturated heterocycles. The highest BCUT2D eigenvalue weighted by Crippen LogP contribution is 2.31. The van der Waals surface area contributed by atoms with Gasteiger partial charge in [0.1, 0.15) is 11.5 Å². The smallest absolute Gasteiger partial charge is 0.289 e. The Labute approximate surface area is 196 Å². The molecule has 2 aromatic carbocycles. The topological polar surface area (TPSA) is 84.3 Å². The number of carbonyl (C=O) groups excluding carboxylic acids is 2. The molecule has 1 aliphatic rings. The SMILES string of the molecule is COc1ccc(C(=O)Nc2ccc(N3CCN(C(=O)c4ccco4)CC3)c(Cl)c2)c(OC)c1. The Balaban J connectivity index is 1.40. The molecule has 172 valence electrons. The van der Waals surface area contributed by atoms with Crippen LogP contribution in [0.15, 0.2) is 59.2 Å². The van der Waals surface area contributed by atoms with Crippen LogP contribution in [-0.4, -0.2) is 57.1 Å². The first-order chi connectivity index (χ1) is 16.0. The number of rotatable bonds is 6. The van der Waals surface area contributed by atoms with Crippen LogP contribution in [0.3, 0.4) is 0 Å². The van der Waals surface area contributed by atoms with Gasteiger partial charge in [0.15, 0.2) is 5.76 Å². The van der Waals surface area contributed by atoms with Crippen molar-refractivity contribution in [3.8, 4) is 11.5 Å². The van der Waals surface area contributed by atoms with Gasteiger partial charge >= 0.3 is 0 Å². The minimum Gasteiger partial charge on any atom is -0.497 e. The highest BCUT2D eigenvalue weighted by Gasteiger charge is 2.25. The maximum absolute atomic E-state index is 12.8. The van der Waals surface area contributed by atoms with Crippen molar-refractivity contribution in [2.75, 3.05) is 50.6 Å². The Morgan fingerprint density at radius 3 is 2.42 bits per heavy atom. The highest BCUT2D eigenvalue weighted by atomic mass is 35.5. The van der Waals surface area contributed by atoms with Crippen molar-refractivity contribution in [1.29, 1.82) is 0 Å². The third-order valence-corrected chi connectivity index (χ3v) is 5.80. The van der Waals surface area contributed by atoms with Crippen LogP contribution in [0.1, 0.15) is 20.9 Å². The van der Waals surface area contributed by atoms with E-state index >= 15 is 0 Å². The van der Waals surface area contributed by atoms with Crippen LogP contribution in [-0.2, 0) is 0 Å². The molecule has 1 fully saturated rings. The van der Waals surface area contributed by atoms with E-state index in [4.69, 9.17) is 25.5 Å². The molecule has 0 saturated carbocycles. The van der Waals surface area contributed by atoms with Gasteiger partial charge in [-0.3, -0.25) is 9.59 Å². The van der Waals surface area contributed by atoms with Crippen LogP contribution in [0.25, 0.3) is 0 Å². The van der Waals surface area contributed by atoms with Crippen LogP contribution >= 0.6 is 11.6 Å². The maximum atomic E-state index is 12.8. The lowest BCUT2D eigenvalue weighted by molar-refractivity contribution is 0.0714. The minimum atomic E-state index is -0.316. The van der Waals surface area contributed by atoms with Crippen LogP contribution < -0.4 is 19.7 Å². The summed E-state index contributed by atoms with van der Waals surface area (Å²) in [6.45, 7) is 2.40. The van der Waals surface area contributed by atoms with Gasteiger partial charge in [0, 0.05) is 37.9 Å². The number of hydrogen-bond donors (Lipinski definition) is 1. The monoisotopic (exact) mass is 469 g/mol. The van der Waals surface area contributed by atoms with Crippen molar-refractivity contribution in [2.24, 2.45) is 0 Å². The average Bonchev–Trinajstić information content (AvgIpc) is 3.38. The summed E-state index contributed by atoms with van der Waals surface area (Å²) in [7, 11) is 3.05. The van der Waals surface area contributed by atoms with E-state index in [0.29, 0.717) is 59.7 Å². The van der Waals surface area contributed by atoms with Gasteiger partial charge in [-0.1, -0.05) is 11.6 Å². The summed E-state index contributed by atoms with van der Waals surface area (Å²) in [4.78, 5) is 29.1. The largest absolute Gasteiger partial charge is 0.497 e. The number of amides is 2. The van der Waals surface area contributed by atoms with Crippen molar-refractivity contribution >= 4 is 34.8 Å². The van der Waals surface area contributed by atoms with E-state index in [1.807, 2.05) is 6.07 Å². The van der Waals surface area contributed by atoms with Crippen LogP contribution in [0.2, 0.25) is 5.02 Å². The fourth-order valence-electron chi connectivity index (χ4n) is 3.73. The normalized spacial score (nSPS) is 13.5. The Morgan fingerprint density at radius 2 is 1.79 bits per heavy atom. The summed E-state index contributed by atoms with van der Waals surface area (Å²) in [6.07, 6.45) is 1.49. The fourth-order valence-corrected chi connectivity index (χ4v) is 4.03. The van der Waals surface area contributed by atoms with Crippen molar-refractivity contribution in [1.82, 2.24) is 4.90 Å². The molecule has 1 aliphatic heterocycles. The number of piperazine rings is 1. The average molecular weight is 470 g/mol. The molecular weight excluding hydrogens is 446 g/mol. The summed E-state index contributed by atoms with van der Waals surface area (Å²) in [5.74, 6) is 0.925. The Morgan fingerprint density at radius 1 is 1.00 bits per heavy atom. The van der Waals surface area contributed by atoms with Crippen molar-refractivity contribution in [3.63, 3.8) is 0 Å². The Hall–Kier alpha value is -3.65. The number of furan rings is 1. The first kappa shape index (κ1) is 22.5. The lowest BCUT2D eigenvalue weighted by Gasteiger charge is -2.36. The van der Waals surface area contributed by atoms with Gasteiger partial charge in [-0.25, -0.2) is 0 Å². The standard InChI is InChI=1S/C24H24ClN3O5/c1-31-17-6-7-18(22(15-17)32-2)23(29)26-16-5-8-20(19(25)14-16)27-9-11-28(12-10-27)24(30)21-4-3-13-33-21/h3-8,13-15H,9-12H2,1-2H3,(H,26,29). The molecule has 3 aromatic rings. The maximum Gasteiger partial charge on any atom is 0.289 e. The van der Waals surface area contributed by atoms with Gasteiger partial charge in [-0.2, -0.15) is 0 Å². The van der Waals surface area contributed by atoms with Crippen LogP contribution in [0, 0.1) is 0 Å². The van der Waals surface area contributed by atoms with Gasteiger partial charge in [0.2, 0.25) is 0 Å². The summed E-state index contributed by atoms with van der Waals surface area (Å²) >= 11 is 6.54. The molecule has 8 nitrogen and oxygen atoms in total. The summed E-state index contributed by atoms with van der Waals surface area (Å²) < 4.78 is 15.7. The third kappa shape index (κ3) is 4.90. The lowest BCUT2D eigenvalue weighted by atomic mass is 10.1. The number of halogens is 1. The van der Waals surface area contributed by atoms with Crippen molar-refractivity contribution in [3.05, 3.63) is 71.1 Å². The first-order valence-electron chi connectivity index (χ1n) is 10.4. The lowest BCUT2D eigenvalue weighted by Crippen LogP contribution is -2.48. The number of anilines is 2. The second kappa shape index (κ2) is 9.87. The van der Waals surface area contributed by atoms with Gasteiger partial charge in [0.05, 0.1) is 36.8 Å². The molecule has 33 heavy (non-hydrogen) atoms. The predicted octanol–water partition coefficient (Wildman–Crippen LogP) is 4.16. The fraction of sp³-hybridized carbons (Fsp3) is 0.250. The first-order valence-corrected chi connectivity index (χ1v) is 10.8. The Bertz CT molecular complexity index is 1140. The van der Waals surface area contributed by atoms with E-state index in [2.05, 4.69) is 10.2 Å². The van der Waals surface area contributed by atoms with E-state index in [-0.39, 0.29) is 11.8 Å². The predicted molar refractivity (Wildman–Crippen MR) is 126 cm³/mol. The van der Waals surface area contributed by atoms with Gasteiger partial charge in [-0.05, 0) is 42.5 Å². The number of methoxy groups -OCH3 is 2. The summed E-state index contributed by atoms with van der Waals surface area (Å²) in [5.41, 5.74) is 1.80. The number of hydrogen-bond acceptors (Lipinski definition) is 6. The molecule has 4 rings (SSSR count). The second-order valence-electron chi connectivity index (χ2n) is 7.44. The minimum absolute atomic E-state index is 0.113. The number of benzene rings is 2. The van der Waals surface area contributed by atoms with Crippen molar-refractivity contribution in [2.45, 2.75) is 0 Å². The van der Waals surface area contributed by atoms with Gasteiger partial charge < -0.3 is 29.0 Å².